The van der Waals surface area contributed by atoms with Crippen molar-refractivity contribution in [1.29, 1.82) is 0 Å². The van der Waals surface area contributed by atoms with E-state index in [0.717, 1.165) is 0 Å². The molecular formula is C29H36ClN3O7S2. The van der Waals surface area contributed by atoms with Gasteiger partial charge in [0.15, 0.2) is 5.13 Å². The standard InChI is InChI=1S/C29H36ClN3O7S2/c1-19-15-22(11-13-32(19)28(34)40-29(2,3)4)39-25-10-9-23(17-24(25)30)42(35,36)33(27-31-12-14-41-27)18-20-7-8-21(37-5)16-26(20)38-6/h7-10,12,14,16-17,19,22H,11,13,15,18H2,1-6H3/t19-,22-/m0/s1. The van der Waals surface area contributed by atoms with Crippen molar-refractivity contribution in [3.05, 3.63) is 58.6 Å². The van der Waals surface area contributed by atoms with Crippen LogP contribution in [-0.2, 0) is 21.3 Å². The molecule has 2 heterocycles. The van der Waals surface area contributed by atoms with Crippen molar-refractivity contribution in [2.45, 2.75) is 69.7 Å². The van der Waals surface area contributed by atoms with E-state index < -0.39 is 15.6 Å². The van der Waals surface area contributed by atoms with E-state index >= 15 is 0 Å². The van der Waals surface area contributed by atoms with E-state index in [1.165, 1.54) is 34.9 Å². The summed E-state index contributed by atoms with van der Waals surface area (Å²) in [5.41, 5.74) is 0.0604. The van der Waals surface area contributed by atoms with Gasteiger partial charge in [0.2, 0.25) is 0 Å². The fourth-order valence-corrected chi connectivity index (χ4v) is 7.19. The molecule has 0 radical (unpaired) electrons. The molecule has 3 aromatic rings. The largest absolute Gasteiger partial charge is 0.497 e. The van der Waals surface area contributed by atoms with E-state index in [9.17, 15) is 13.2 Å². The number of thiazole rings is 1. The van der Waals surface area contributed by atoms with Crippen LogP contribution < -0.4 is 18.5 Å². The second-order valence-electron chi connectivity index (χ2n) is 10.9. The van der Waals surface area contributed by atoms with Gasteiger partial charge in [-0.3, -0.25) is 0 Å². The molecule has 228 valence electrons. The van der Waals surface area contributed by atoms with Gasteiger partial charge >= 0.3 is 6.09 Å². The van der Waals surface area contributed by atoms with Crippen LogP contribution in [0.15, 0.2) is 52.9 Å². The molecule has 1 aromatic heterocycles. The van der Waals surface area contributed by atoms with Crippen LogP contribution in [0, 0.1) is 0 Å². The molecular weight excluding hydrogens is 602 g/mol. The Kier molecular flexibility index (Phi) is 9.79. The molecule has 0 spiro atoms. The number of nitrogens with zero attached hydrogens (tertiary/aromatic N) is 3. The summed E-state index contributed by atoms with van der Waals surface area (Å²) in [6, 6.07) is 9.52. The second kappa shape index (κ2) is 13.0. The fourth-order valence-electron chi connectivity index (χ4n) is 4.60. The van der Waals surface area contributed by atoms with Crippen LogP contribution >= 0.6 is 22.9 Å². The molecule has 1 amide bonds. The fraction of sp³-hybridized carbons (Fsp3) is 0.448. The van der Waals surface area contributed by atoms with Crippen molar-refractivity contribution < 1.29 is 32.2 Å². The molecule has 1 saturated heterocycles. The average molecular weight is 638 g/mol. The van der Waals surface area contributed by atoms with Gasteiger partial charge in [-0.1, -0.05) is 11.6 Å². The number of piperidine rings is 1. The monoisotopic (exact) mass is 637 g/mol. The number of carbonyl (C=O) groups is 1. The van der Waals surface area contributed by atoms with E-state index in [1.807, 2.05) is 27.7 Å². The molecule has 0 aliphatic carbocycles. The molecule has 10 nitrogen and oxygen atoms in total. The number of anilines is 1. The summed E-state index contributed by atoms with van der Waals surface area (Å²) < 4.78 is 51.5. The highest BCUT2D eigenvalue weighted by Crippen LogP contribution is 2.35. The molecule has 1 aliphatic heterocycles. The Morgan fingerprint density at radius 2 is 1.90 bits per heavy atom. The lowest BCUT2D eigenvalue weighted by molar-refractivity contribution is -0.00103. The lowest BCUT2D eigenvalue weighted by Gasteiger charge is -2.38. The normalized spacial score (nSPS) is 17.5. The predicted molar refractivity (Wildman–Crippen MR) is 163 cm³/mol. The van der Waals surface area contributed by atoms with Crippen LogP contribution in [0.1, 0.15) is 46.1 Å². The van der Waals surface area contributed by atoms with Crippen molar-refractivity contribution in [1.82, 2.24) is 9.88 Å². The van der Waals surface area contributed by atoms with Gasteiger partial charge in [0.1, 0.15) is 29.0 Å². The summed E-state index contributed by atoms with van der Waals surface area (Å²) in [6.45, 7) is 7.91. The van der Waals surface area contributed by atoms with E-state index in [0.29, 0.717) is 47.3 Å². The van der Waals surface area contributed by atoms with Crippen LogP contribution in [0.5, 0.6) is 17.2 Å². The zero-order chi connectivity index (χ0) is 30.7. The smallest absolute Gasteiger partial charge is 0.410 e. The number of ether oxygens (including phenoxy) is 4. The van der Waals surface area contributed by atoms with E-state index in [1.54, 1.807) is 47.9 Å². The molecule has 42 heavy (non-hydrogen) atoms. The van der Waals surface area contributed by atoms with E-state index in [2.05, 4.69) is 4.98 Å². The number of rotatable bonds is 9. The molecule has 2 aromatic carbocycles. The molecule has 4 rings (SSSR count). The number of aromatic nitrogens is 1. The minimum Gasteiger partial charge on any atom is -0.497 e. The quantitative estimate of drug-likeness (QED) is 0.266. The lowest BCUT2D eigenvalue weighted by atomic mass is 10.0. The Morgan fingerprint density at radius 1 is 1.14 bits per heavy atom. The van der Waals surface area contributed by atoms with Crippen LogP contribution in [0.4, 0.5) is 9.93 Å². The summed E-state index contributed by atoms with van der Waals surface area (Å²) in [6.07, 6.45) is 2.16. The van der Waals surface area contributed by atoms with Gasteiger partial charge in [0, 0.05) is 48.6 Å². The third-order valence-corrected chi connectivity index (χ3v) is 9.62. The summed E-state index contributed by atoms with van der Waals surface area (Å²) in [4.78, 5) is 18.5. The minimum atomic E-state index is -4.08. The summed E-state index contributed by atoms with van der Waals surface area (Å²) in [5, 5.41) is 2.18. The van der Waals surface area contributed by atoms with Crippen LogP contribution in [-0.4, -0.2) is 62.9 Å². The van der Waals surface area contributed by atoms with Crippen LogP contribution in [0.3, 0.4) is 0 Å². The van der Waals surface area contributed by atoms with Crippen LogP contribution in [0.25, 0.3) is 0 Å². The van der Waals surface area contributed by atoms with Gasteiger partial charge < -0.3 is 23.8 Å². The third-order valence-electron chi connectivity index (χ3n) is 6.68. The van der Waals surface area contributed by atoms with Gasteiger partial charge in [0.05, 0.1) is 30.7 Å². The first kappa shape index (κ1) is 31.7. The van der Waals surface area contributed by atoms with Crippen molar-refractivity contribution in [3.8, 4) is 17.2 Å². The third kappa shape index (κ3) is 7.40. The molecule has 0 N–H and O–H groups in total. The topological polar surface area (TPSA) is 108 Å². The van der Waals surface area contributed by atoms with Crippen molar-refractivity contribution in [2.75, 3.05) is 25.1 Å². The molecule has 13 heteroatoms. The maximum Gasteiger partial charge on any atom is 0.410 e. The summed E-state index contributed by atoms with van der Waals surface area (Å²) >= 11 is 7.78. The van der Waals surface area contributed by atoms with Crippen molar-refractivity contribution in [2.24, 2.45) is 0 Å². The minimum absolute atomic E-state index is 0.00404. The number of methoxy groups -OCH3 is 2. The number of amides is 1. The number of carbonyl (C=O) groups excluding carboxylic acids is 1. The number of likely N-dealkylation sites (tertiary alicyclic amines) is 1. The molecule has 1 fully saturated rings. The molecule has 0 unspecified atom stereocenters. The molecule has 0 saturated carbocycles. The Hall–Kier alpha value is -3.22. The number of hydrogen-bond donors (Lipinski definition) is 0. The van der Waals surface area contributed by atoms with Gasteiger partial charge in [-0.25, -0.2) is 22.5 Å². The lowest BCUT2D eigenvalue weighted by Crippen LogP contribution is -2.49. The Labute approximate surface area is 256 Å². The van der Waals surface area contributed by atoms with Crippen molar-refractivity contribution >= 4 is 44.2 Å². The van der Waals surface area contributed by atoms with Gasteiger partial charge in [0.25, 0.3) is 10.0 Å². The first-order valence-corrected chi connectivity index (χ1v) is 16.1. The molecule has 2 atom stereocenters. The zero-order valence-corrected chi connectivity index (χ0v) is 26.9. The maximum atomic E-state index is 13.9. The number of hydrogen-bond acceptors (Lipinski definition) is 9. The average Bonchev–Trinajstić information content (AvgIpc) is 3.46. The Bertz CT molecular complexity index is 1490. The highest BCUT2D eigenvalue weighted by molar-refractivity contribution is 7.93. The van der Waals surface area contributed by atoms with E-state index in [4.69, 9.17) is 30.5 Å². The van der Waals surface area contributed by atoms with Crippen molar-refractivity contribution in [3.63, 3.8) is 0 Å². The summed E-state index contributed by atoms with van der Waals surface area (Å²) in [5.74, 6) is 1.45. The Balaban J connectivity index is 1.52. The van der Waals surface area contributed by atoms with Crippen LogP contribution in [0.2, 0.25) is 5.02 Å². The van der Waals surface area contributed by atoms with Gasteiger partial charge in [-0.2, -0.15) is 0 Å². The second-order valence-corrected chi connectivity index (χ2v) is 14.0. The molecule has 0 bridgehead atoms. The summed E-state index contributed by atoms with van der Waals surface area (Å²) in [7, 11) is -1.02. The predicted octanol–water partition coefficient (Wildman–Crippen LogP) is 6.38. The SMILES string of the molecule is COc1ccc(CN(c2nccs2)S(=O)(=O)c2ccc(O[C@H]3CCN(C(=O)OC(C)(C)C)[C@@H](C)C3)c(Cl)c2)c(OC)c1. The van der Waals surface area contributed by atoms with E-state index in [-0.39, 0.29) is 34.7 Å². The first-order chi connectivity index (χ1) is 19.8. The zero-order valence-electron chi connectivity index (χ0n) is 24.5. The highest BCUT2D eigenvalue weighted by Gasteiger charge is 2.33. The number of benzene rings is 2. The maximum absolute atomic E-state index is 13.9. The van der Waals surface area contributed by atoms with Gasteiger partial charge in [-0.15, -0.1) is 11.3 Å². The highest BCUT2D eigenvalue weighted by atomic mass is 35.5. The van der Waals surface area contributed by atoms with Gasteiger partial charge in [-0.05, 0) is 58.0 Å². The Morgan fingerprint density at radius 3 is 2.50 bits per heavy atom. The number of sulfonamides is 1. The number of halogens is 1. The molecule has 1 aliphatic rings. The first-order valence-electron chi connectivity index (χ1n) is 13.4.